The largest absolute Gasteiger partial charge is 0.276 e. The second kappa shape index (κ2) is 6.81. The highest BCUT2D eigenvalue weighted by Crippen LogP contribution is 2.37. The first-order valence-corrected chi connectivity index (χ1v) is 8.14. The fourth-order valence-corrected chi connectivity index (χ4v) is 3.06. The Hall–Kier alpha value is -2.04. The first kappa shape index (κ1) is 14.9. The van der Waals surface area contributed by atoms with Gasteiger partial charge in [0.05, 0.1) is 5.69 Å². The summed E-state index contributed by atoms with van der Waals surface area (Å²) in [4.78, 5) is 4.09. The van der Waals surface area contributed by atoms with Crippen LogP contribution in [0.15, 0.2) is 66.5 Å². The molecule has 2 heterocycles. The van der Waals surface area contributed by atoms with Crippen molar-refractivity contribution in [3.63, 3.8) is 0 Å². The van der Waals surface area contributed by atoms with Gasteiger partial charge in [0.15, 0.2) is 0 Å². The second-order valence-electron chi connectivity index (χ2n) is 4.62. The van der Waals surface area contributed by atoms with Crippen molar-refractivity contribution in [2.45, 2.75) is 5.03 Å². The minimum Gasteiger partial charge on any atom is -0.276 e. The van der Waals surface area contributed by atoms with Gasteiger partial charge in [-0.3, -0.25) is 10.1 Å². The number of pyridine rings is 1. The molecule has 0 unspecified atom stereocenters. The zero-order valence-electron chi connectivity index (χ0n) is 11.8. The quantitative estimate of drug-likeness (QED) is 0.525. The van der Waals surface area contributed by atoms with Crippen molar-refractivity contribution >= 4 is 23.4 Å². The van der Waals surface area contributed by atoms with Crippen molar-refractivity contribution < 1.29 is 0 Å². The lowest BCUT2D eigenvalue weighted by Gasteiger charge is -2.06. The molecule has 3 rings (SSSR count). The molecule has 3 nitrogen and oxygen atoms in total. The number of hydrogen-bond acceptors (Lipinski definition) is 3. The summed E-state index contributed by atoms with van der Waals surface area (Å²) in [5.74, 6) is 0.809. The number of H-pyrrole nitrogens is 1. The molecule has 110 valence electrons. The van der Waals surface area contributed by atoms with E-state index in [2.05, 4.69) is 21.8 Å². The summed E-state index contributed by atoms with van der Waals surface area (Å²) in [5.41, 5.74) is 4.19. The summed E-state index contributed by atoms with van der Waals surface area (Å²) in [7, 11) is 0. The van der Waals surface area contributed by atoms with Gasteiger partial charge >= 0.3 is 0 Å². The first-order valence-electron chi connectivity index (χ1n) is 6.78. The molecule has 0 bridgehead atoms. The molecule has 5 heteroatoms. The van der Waals surface area contributed by atoms with Crippen LogP contribution in [0.5, 0.6) is 0 Å². The van der Waals surface area contributed by atoms with E-state index in [0.717, 1.165) is 38.2 Å². The lowest BCUT2D eigenvalue weighted by Crippen LogP contribution is -1.85. The maximum atomic E-state index is 5.98. The lowest BCUT2D eigenvalue weighted by atomic mass is 10.0. The van der Waals surface area contributed by atoms with Gasteiger partial charge in [0.2, 0.25) is 0 Å². The van der Waals surface area contributed by atoms with Crippen LogP contribution in [0.4, 0.5) is 0 Å². The SMILES string of the molecule is C=CCSc1n[nH]c(-c2ccc(Cl)cc2)c1-c1ccncc1. The monoisotopic (exact) mass is 327 g/mol. The Bertz CT molecular complexity index is 766. The molecule has 1 N–H and O–H groups in total. The Balaban J connectivity index is 2.12. The van der Waals surface area contributed by atoms with Crippen LogP contribution in [-0.4, -0.2) is 20.9 Å². The average molecular weight is 328 g/mol. The third-order valence-electron chi connectivity index (χ3n) is 3.17. The highest BCUT2D eigenvalue weighted by molar-refractivity contribution is 7.99. The molecule has 0 aliphatic heterocycles. The zero-order chi connectivity index (χ0) is 15.4. The van der Waals surface area contributed by atoms with Gasteiger partial charge in [0.1, 0.15) is 5.03 Å². The van der Waals surface area contributed by atoms with Crippen LogP contribution in [0.1, 0.15) is 0 Å². The van der Waals surface area contributed by atoms with Crippen molar-refractivity contribution in [3.05, 3.63) is 66.5 Å². The van der Waals surface area contributed by atoms with Gasteiger partial charge in [0.25, 0.3) is 0 Å². The van der Waals surface area contributed by atoms with Gasteiger partial charge < -0.3 is 0 Å². The van der Waals surface area contributed by atoms with Crippen molar-refractivity contribution in [2.75, 3.05) is 5.75 Å². The summed E-state index contributed by atoms with van der Waals surface area (Å²) in [5, 5.41) is 9.29. The van der Waals surface area contributed by atoms with Crippen molar-refractivity contribution in [1.82, 2.24) is 15.2 Å². The van der Waals surface area contributed by atoms with Gasteiger partial charge in [-0.25, -0.2) is 0 Å². The van der Waals surface area contributed by atoms with Crippen LogP contribution >= 0.6 is 23.4 Å². The predicted molar refractivity (Wildman–Crippen MR) is 93.2 cm³/mol. The van der Waals surface area contributed by atoms with Gasteiger partial charge in [-0.2, -0.15) is 5.10 Å². The van der Waals surface area contributed by atoms with Gasteiger partial charge in [-0.15, -0.1) is 6.58 Å². The van der Waals surface area contributed by atoms with Crippen molar-refractivity contribution in [1.29, 1.82) is 0 Å². The smallest absolute Gasteiger partial charge is 0.127 e. The van der Waals surface area contributed by atoms with Crippen LogP contribution in [0.2, 0.25) is 5.02 Å². The number of aromatic nitrogens is 3. The normalized spacial score (nSPS) is 10.6. The standard InChI is InChI=1S/C17H14ClN3S/c1-2-11-22-17-15(12-7-9-19-10-8-12)16(20-21-17)13-3-5-14(18)6-4-13/h2-10H,1,11H2,(H,20,21). The molecule has 0 fully saturated rings. The molecule has 0 aliphatic rings. The molecular weight excluding hydrogens is 314 g/mol. The highest BCUT2D eigenvalue weighted by atomic mass is 35.5. The summed E-state index contributed by atoms with van der Waals surface area (Å²) in [6.07, 6.45) is 5.45. The molecule has 1 aromatic carbocycles. The number of benzene rings is 1. The summed E-state index contributed by atoms with van der Waals surface area (Å²) in [6.45, 7) is 3.77. The highest BCUT2D eigenvalue weighted by Gasteiger charge is 2.16. The third kappa shape index (κ3) is 3.08. The van der Waals surface area contributed by atoms with Crippen LogP contribution < -0.4 is 0 Å². The van der Waals surface area contributed by atoms with E-state index in [1.807, 2.05) is 42.5 Å². The van der Waals surface area contributed by atoms with Gasteiger partial charge in [-0.1, -0.05) is 41.6 Å². The fourth-order valence-electron chi connectivity index (χ4n) is 2.18. The Morgan fingerprint density at radius 3 is 2.50 bits per heavy atom. The topological polar surface area (TPSA) is 41.6 Å². The Kier molecular flexibility index (Phi) is 4.61. The van der Waals surface area contributed by atoms with Crippen LogP contribution in [0, 0.1) is 0 Å². The number of hydrogen-bond donors (Lipinski definition) is 1. The van der Waals surface area contributed by atoms with Gasteiger partial charge in [-0.05, 0) is 29.8 Å². The van der Waals surface area contributed by atoms with Crippen LogP contribution in [0.25, 0.3) is 22.4 Å². The third-order valence-corrected chi connectivity index (χ3v) is 4.40. The molecule has 0 aliphatic carbocycles. The maximum Gasteiger partial charge on any atom is 0.127 e. The van der Waals surface area contributed by atoms with E-state index >= 15 is 0 Å². The molecule has 0 atom stereocenters. The molecule has 2 aromatic heterocycles. The molecule has 0 saturated heterocycles. The predicted octanol–water partition coefficient (Wildman–Crippen LogP) is 5.07. The van der Waals surface area contributed by atoms with E-state index in [-0.39, 0.29) is 0 Å². The Labute approximate surface area is 138 Å². The number of rotatable bonds is 5. The molecule has 0 amide bonds. The zero-order valence-corrected chi connectivity index (χ0v) is 13.4. The van der Waals surface area contributed by atoms with Crippen LogP contribution in [-0.2, 0) is 0 Å². The molecule has 22 heavy (non-hydrogen) atoms. The lowest BCUT2D eigenvalue weighted by molar-refractivity contribution is 1.01. The number of nitrogens with zero attached hydrogens (tertiary/aromatic N) is 2. The first-order chi connectivity index (χ1) is 10.8. The molecular formula is C17H14ClN3S. The summed E-state index contributed by atoms with van der Waals surface area (Å²) < 4.78 is 0. The summed E-state index contributed by atoms with van der Waals surface area (Å²) >= 11 is 7.63. The van der Waals surface area contributed by atoms with E-state index in [4.69, 9.17) is 11.6 Å². The maximum absolute atomic E-state index is 5.98. The average Bonchev–Trinajstić information content (AvgIpc) is 2.98. The van der Waals surface area contributed by atoms with Crippen molar-refractivity contribution in [3.8, 4) is 22.4 Å². The number of halogens is 1. The van der Waals surface area contributed by atoms with Crippen LogP contribution in [0.3, 0.4) is 0 Å². The second-order valence-corrected chi connectivity index (χ2v) is 6.07. The number of nitrogens with one attached hydrogen (secondary N) is 1. The van der Waals surface area contributed by atoms with E-state index in [9.17, 15) is 0 Å². The summed E-state index contributed by atoms with van der Waals surface area (Å²) in [6, 6.07) is 11.7. The molecule has 0 spiro atoms. The van der Waals surface area contributed by atoms with E-state index in [1.165, 1.54) is 0 Å². The van der Waals surface area contributed by atoms with E-state index in [1.54, 1.807) is 24.2 Å². The molecule has 0 radical (unpaired) electrons. The van der Waals surface area contributed by atoms with Gasteiger partial charge in [0, 0.05) is 34.3 Å². The number of thioether (sulfide) groups is 1. The Morgan fingerprint density at radius 2 is 1.82 bits per heavy atom. The minimum atomic E-state index is 0.718. The fraction of sp³-hybridized carbons (Fsp3) is 0.0588. The Morgan fingerprint density at radius 1 is 1.09 bits per heavy atom. The number of aromatic amines is 1. The minimum absolute atomic E-state index is 0.718. The van der Waals surface area contributed by atoms with Crippen molar-refractivity contribution in [2.24, 2.45) is 0 Å². The van der Waals surface area contributed by atoms with E-state index < -0.39 is 0 Å². The van der Waals surface area contributed by atoms with E-state index in [0.29, 0.717) is 0 Å². The molecule has 0 saturated carbocycles. The molecule has 3 aromatic rings.